The number of hydrogen-bond donors (Lipinski definition) is 1. The fourth-order valence-corrected chi connectivity index (χ4v) is 1.75. The van der Waals surface area contributed by atoms with Gasteiger partial charge in [0, 0.05) is 18.5 Å². The van der Waals surface area contributed by atoms with Crippen LogP contribution in [0.1, 0.15) is 0 Å². The van der Waals surface area contributed by atoms with Crippen LogP contribution in [0.25, 0.3) is 5.95 Å². The minimum atomic E-state index is -0.645. The molecule has 1 aromatic carbocycles. The second-order valence-electron chi connectivity index (χ2n) is 3.93. The molecule has 0 bridgehead atoms. The van der Waals surface area contributed by atoms with Crippen molar-refractivity contribution in [3.63, 3.8) is 0 Å². The SMILES string of the molecule is Fc1ccc(F)c(Nc2nc(Cl)nc(-n3cccn3)n2)c1. The Labute approximate surface area is 122 Å². The molecule has 9 heteroatoms. The van der Waals surface area contributed by atoms with Crippen molar-refractivity contribution >= 4 is 23.2 Å². The molecule has 0 saturated carbocycles. The predicted octanol–water partition coefficient (Wildman–Crippen LogP) is 2.73. The second kappa shape index (κ2) is 5.41. The van der Waals surface area contributed by atoms with Crippen molar-refractivity contribution in [3.8, 4) is 5.95 Å². The first kappa shape index (κ1) is 13.4. The van der Waals surface area contributed by atoms with E-state index in [-0.39, 0.29) is 22.9 Å². The molecule has 2 aromatic heterocycles. The monoisotopic (exact) mass is 308 g/mol. The summed E-state index contributed by atoms with van der Waals surface area (Å²) in [5.41, 5.74) is -0.108. The highest BCUT2D eigenvalue weighted by Crippen LogP contribution is 2.19. The molecule has 0 aliphatic rings. The number of halogens is 3. The van der Waals surface area contributed by atoms with Gasteiger partial charge in [-0.2, -0.15) is 20.1 Å². The maximum Gasteiger partial charge on any atom is 0.256 e. The maximum atomic E-state index is 13.6. The molecule has 0 radical (unpaired) electrons. The summed E-state index contributed by atoms with van der Waals surface area (Å²) in [6.07, 6.45) is 3.15. The highest BCUT2D eigenvalue weighted by molar-refractivity contribution is 6.28. The lowest BCUT2D eigenvalue weighted by atomic mass is 10.3. The molecule has 0 saturated heterocycles. The Balaban J connectivity index is 1.97. The zero-order valence-electron chi connectivity index (χ0n) is 10.3. The average Bonchev–Trinajstić information content (AvgIpc) is 2.96. The summed E-state index contributed by atoms with van der Waals surface area (Å²) >= 11 is 5.79. The molecule has 2 heterocycles. The first-order valence-electron chi connectivity index (χ1n) is 5.75. The van der Waals surface area contributed by atoms with Gasteiger partial charge in [0.05, 0.1) is 5.69 Å². The fraction of sp³-hybridized carbons (Fsp3) is 0. The summed E-state index contributed by atoms with van der Waals surface area (Å²) in [5.74, 6) is -1.11. The molecule has 21 heavy (non-hydrogen) atoms. The van der Waals surface area contributed by atoms with Crippen LogP contribution in [0.2, 0.25) is 5.28 Å². The standard InChI is InChI=1S/C12H7ClF2N6/c13-10-18-11(17-9-6-7(14)2-3-8(9)15)20-12(19-10)21-5-1-4-16-21/h1-6H,(H,17,18,19,20). The minimum Gasteiger partial charge on any atom is -0.321 e. The largest absolute Gasteiger partial charge is 0.321 e. The molecule has 0 aliphatic carbocycles. The van der Waals surface area contributed by atoms with Crippen LogP contribution in [-0.2, 0) is 0 Å². The topological polar surface area (TPSA) is 68.5 Å². The van der Waals surface area contributed by atoms with Gasteiger partial charge in [0.2, 0.25) is 11.2 Å². The highest BCUT2D eigenvalue weighted by atomic mass is 35.5. The van der Waals surface area contributed by atoms with Crippen molar-refractivity contribution in [2.24, 2.45) is 0 Å². The van der Waals surface area contributed by atoms with Crippen molar-refractivity contribution in [1.82, 2.24) is 24.7 Å². The van der Waals surface area contributed by atoms with Crippen molar-refractivity contribution in [1.29, 1.82) is 0 Å². The summed E-state index contributed by atoms with van der Waals surface area (Å²) in [5, 5.41) is 6.40. The fourth-order valence-electron chi connectivity index (χ4n) is 1.60. The van der Waals surface area contributed by atoms with E-state index in [9.17, 15) is 8.78 Å². The van der Waals surface area contributed by atoms with Crippen molar-refractivity contribution in [3.05, 3.63) is 53.6 Å². The molecule has 3 rings (SSSR count). The zero-order valence-corrected chi connectivity index (χ0v) is 11.1. The molecule has 0 spiro atoms. The summed E-state index contributed by atoms with van der Waals surface area (Å²) in [6, 6.07) is 4.67. The number of aromatic nitrogens is 5. The molecule has 3 aromatic rings. The third kappa shape index (κ3) is 2.95. The second-order valence-corrected chi connectivity index (χ2v) is 4.27. The Morgan fingerprint density at radius 2 is 2.00 bits per heavy atom. The lowest BCUT2D eigenvalue weighted by Gasteiger charge is -2.07. The van der Waals surface area contributed by atoms with E-state index in [4.69, 9.17) is 11.6 Å². The molecular formula is C12H7ClF2N6. The Bertz CT molecular complexity index is 777. The van der Waals surface area contributed by atoms with Gasteiger partial charge >= 0.3 is 0 Å². The Kier molecular flexibility index (Phi) is 3.44. The van der Waals surface area contributed by atoms with E-state index in [0.29, 0.717) is 0 Å². The van der Waals surface area contributed by atoms with E-state index in [1.807, 2.05) is 0 Å². The van der Waals surface area contributed by atoms with Gasteiger partial charge in [-0.25, -0.2) is 13.5 Å². The average molecular weight is 309 g/mol. The van der Waals surface area contributed by atoms with Crippen LogP contribution in [0.15, 0.2) is 36.7 Å². The quantitative estimate of drug-likeness (QED) is 0.805. The van der Waals surface area contributed by atoms with E-state index >= 15 is 0 Å². The smallest absolute Gasteiger partial charge is 0.256 e. The van der Waals surface area contributed by atoms with Crippen LogP contribution in [0.4, 0.5) is 20.4 Å². The molecule has 0 amide bonds. The normalized spacial score (nSPS) is 10.6. The van der Waals surface area contributed by atoms with Gasteiger partial charge in [-0.1, -0.05) is 0 Å². The van der Waals surface area contributed by atoms with Gasteiger partial charge in [-0.05, 0) is 29.8 Å². The molecule has 0 fully saturated rings. The molecular weight excluding hydrogens is 302 g/mol. The molecule has 0 atom stereocenters. The van der Waals surface area contributed by atoms with E-state index in [2.05, 4.69) is 25.4 Å². The Hall–Kier alpha value is -2.61. The van der Waals surface area contributed by atoms with Crippen LogP contribution >= 0.6 is 11.6 Å². The van der Waals surface area contributed by atoms with E-state index in [0.717, 1.165) is 18.2 Å². The number of rotatable bonds is 3. The first-order valence-corrected chi connectivity index (χ1v) is 6.13. The van der Waals surface area contributed by atoms with E-state index in [1.54, 1.807) is 12.3 Å². The molecule has 6 nitrogen and oxygen atoms in total. The van der Waals surface area contributed by atoms with Crippen LogP contribution in [0.5, 0.6) is 0 Å². The van der Waals surface area contributed by atoms with E-state index in [1.165, 1.54) is 10.9 Å². The molecule has 0 aliphatic heterocycles. The summed E-state index contributed by atoms with van der Waals surface area (Å²) < 4.78 is 28.1. The number of anilines is 2. The number of hydrogen-bond acceptors (Lipinski definition) is 5. The van der Waals surface area contributed by atoms with Crippen molar-refractivity contribution in [2.45, 2.75) is 0 Å². The first-order chi connectivity index (χ1) is 10.1. The van der Waals surface area contributed by atoms with Crippen LogP contribution in [0.3, 0.4) is 0 Å². The number of benzene rings is 1. The number of nitrogens with zero attached hydrogens (tertiary/aromatic N) is 5. The van der Waals surface area contributed by atoms with Gasteiger partial charge in [-0.15, -0.1) is 0 Å². The van der Waals surface area contributed by atoms with Gasteiger partial charge < -0.3 is 5.32 Å². The van der Waals surface area contributed by atoms with Gasteiger partial charge in [0.25, 0.3) is 5.95 Å². The summed E-state index contributed by atoms with van der Waals surface area (Å²) in [6.45, 7) is 0. The maximum absolute atomic E-state index is 13.6. The summed E-state index contributed by atoms with van der Waals surface area (Å²) in [7, 11) is 0. The van der Waals surface area contributed by atoms with Crippen LogP contribution < -0.4 is 5.32 Å². The van der Waals surface area contributed by atoms with Crippen LogP contribution in [0, 0.1) is 11.6 Å². The van der Waals surface area contributed by atoms with Crippen LogP contribution in [-0.4, -0.2) is 24.7 Å². The van der Waals surface area contributed by atoms with Gasteiger partial charge in [0.15, 0.2) is 0 Å². The minimum absolute atomic E-state index is 0.0231. The number of nitrogens with one attached hydrogen (secondary N) is 1. The molecule has 0 unspecified atom stereocenters. The third-order valence-electron chi connectivity index (χ3n) is 2.48. The predicted molar refractivity (Wildman–Crippen MR) is 71.6 cm³/mol. The van der Waals surface area contributed by atoms with Gasteiger partial charge in [-0.3, -0.25) is 0 Å². The highest BCUT2D eigenvalue weighted by Gasteiger charge is 2.10. The Morgan fingerprint density at radius 1 is 1.14 bits per heavy atom. The molecule has 106 valence electrons. The van der Waals surface area contributed by atoms with Crippen molar-refractivity contribution in [2.75, 3.05) is 5.32 Å². The lowest BCUT2D eigenvalue weighted by molar-refractivity contribution is 0.603. The Morgan fingerprint density at radius 3 is 2.76 bits per heavy atom. The molecule has 1 N–H and O–H groups in total. The lowest BCUT2D eigenvalue weighted by Crippen LogP contribution is -2.07. The summed E-state index contributed by atoms with van der Waals surface area (Å²) in [4.78, 5) is 11.7. The van der Waals surface area contributed by atoms with E-state index < -0.39 is 11.6 Å². The van der Waals surface area contributed by atoms with Crippen molar-refractivity contribution < 1.29 is 8.78 Å². The third-order valence-corrected chi connectivity index (χ3v) is 2.65. The zero-order chi connectivity index (χ0) is 14.8. The van der Waals surface area contributed by atoms with Gasteiger partial charge in [0.1, 0.15) is 11.6 Å².